The standard InChI is InChI=1S/C11H21NO2/c1-4-11(6-5-7-11)12-9(2)8-10(13)14-3/h9,12H,4-8H2,1-3H3. The molecule has 3 heteroatoms. The fourth-order valence-electron chi connectivity index (χ4n) is 2.11. The average molecular weight is 199 g/mol. The second-order valence-corrected chi connectivity index (χ2v) is 4.31. The molecule has 1 aliphatic rings. The fourth-order valence-corrected chi connectivity index (χ4v) is 2.11. The second kappa shape index (κ2) is 4.78. The Morgan fingerprint density at radius 3 is 2.57 bits per heavy atom. The molecule has 0 aromatic rings. The Hall–Kier alpha value is -0.570. The molecule has 1 unspecified atom stereocenters. The minimum absolute atomic E-state index is 0.129. The quantitative estimate of drug-likeness (QED) is 0.687. The lowest BCUT2D eigenvalue weighted by Gasteiger charge is -2.44. The molecule has 0 radical (unpaired) electrons. The van der Waals surface area contributed by atoms with Crippen LogP contribution in [0.3, 0.4) is 0 Å². The van der Waals surface area contributed by atoms with E-state index in [0.717, 1.165) is 6.42 Å². The van der Waals surface area contributed by atoms with Crippen LogP contribution in [0.1, 0.15) is 46.0 Å². The summed E-state index contributed by atoms with van der Waals surface area (Å²) < 4.78 is 4.64. The van der Waals surface area contributed by atoms with E-state index in [9.17, 15) is 4.79 Å². The summed E-state index contributed by atoms with van der Waals surface area (Å²) in [6.07, 6.45) is 5.42. The van der Waals surface area contributed by atoms with Crippen LogP contribution >= 0.6 is 0 Å². The smallest absolute Gasteiger partial charge is 0.307 e. The number of esters is 1. The van der Waals surface area contributed by atoms with Crippen LogP contribution in [-0.2, 0) is 9.53 Å². The number of ether oxygens (including phenoxy) is 1. The molecule has 1 aliphatic carbocycles. The molecule has 0 amide bonds. The minimum Gasteiger partial charge on any atom is -0.469 e. The monoisotopic (exact) mass is 199 g/mol. The SMILES string of the molecule is CCC1(NC(C)CC(=O)OC)CCC1. The van der Waals surface area contributed by atoms with Gasteiger partial charge in [-0.1, -0.05) is 6.92 Å². The van der Waals surface area contributed by atoms with Gasteiger partial charge in [0, 0.05) is 11.6 Å². The van der Waals surface area contributed by atoms with E-state index < -0.39 is 0 Å². The lowest BCUT2D eigenvalue weighted by molar-refractivity contribution is -0.141. The summed E-state index contributed by atoms with van der Waals surface area (Å²) in [6.45, 7) is 4.25. The summed E-state index contributed by atoms with van der Waals surface area (Å²) in [7, 11) is 1.44. The molecule has 82 valence electrons. The highest BCUT2D eigenvalue weighted by Gasteiger charge is 2.35. The van der Waals surface area contributed by atoms with Crippen molar-refractivity contribution in [1.29, 1.82) is 0 Å². The van der Waals surface area contributed by atoms with Crippen molar-refractivity contribution in [3.05, 3.63) is 0 Å². The molecule has 0 aliphatic heterocycles. The van der Waals surface area contributed by atoms with Crippen LogP contribution in [0.4, 0.5) is 0 Å². The van der Waals surface area contributed by atoms with Gasteiger partial charge in [0.15, 0.2) is 0 Å². The number of hydrogen-bond acceptors (Lipinski definition) is 3. The van der Waals surface area contributed by atoms with E-state index in [2.05, 4.69) is 17.0 Å². The maximum absolute atomic E-state index is 11.0. The van der Waals surface area contributed by atoms with Crippen LogP contribution in [0.25, 0.3) is 0 Å². The van der Waals surface area contributed by atoms with Crippen LogP contribution < -0.4 is 5.32 Å². The minimum atomic E-state index is -0.129. The predicted molar refractivity (Wildman–Crippen MR) is 56.1 cm³/mol. The van der Waals surface area contributed by atoms with Crippen molar-refractivity contribution in [3.8, 4) is 0 Å². The van der Waals surface area contributed by atoms with Crippen molar-refractivity contribution in [1.82, 2.24) is 5.32 Å². The van der Waals surface area contributed by atoms with E-state index in [4.69, 9.17) is 0 Å². The summed E-state index contributed by atoms with van der Waals surface area (Å²) in [5.41, 5.74) is 0.313. The van der Waals surface area contributed by atoms with Crippen LogP contribution in [0.5, 0.6) is 0 Å². The molecule has 1 atom stereocenters. The Labute approximate surface area is 86.2 Å². The van der Waals surface area contributed by atoms with Crippen molar-refractivity contribution in [2.45, 2.75) is 57.5 Å². The lowest BCUT2D eigenvalue weighted by Crippen LogP contribution is -2.54. The Morgan fingerprint density at radius 1 is 1.57 bits per heavy atom. The van der Waals surface area contributed by atoms with Crippen molar-refractivity contribution in [3.63, 3.8) is 0 Å². The Kier molecular flexibility index (Phi) is 3.93. The first kappa shape index (κ1) is 11.5. The third-order valence-electron chi connectivity index (χ3n) is 3.24. The van der Waals surface area contributed by atoms with Gasteiger partial charge in [-0.05, 0) is 32.6 Å². The summed E-state index contributed by atoms with van der Waals surface area (Å²) in [5.74, 6) is -0.129. The average Bonchev–Trinajstić information content (AvgIpc) is 2.11. The molecule has 1 fully saturated rings. The van der Waals surface area contributed by atoms with Gasteiger partial charge in [-0.15, -0.1) is 0 Å². The molecule has 3 nitrogen and oxygen atoms in total. The van der Waals surface area contributed by atoms with Gasteiger partial charge in [-0.25, -0.2) is 0 Å². The first-order chi connectivity index (χ1) is 6.62. The van der Waals surface area contributed by atoms with Crippen LogP contribution in [0.15, 0.2) is 0 Å². The van der Waals surface area contributed by atoms with Crippen molar-refractivity contribution in [2.24, 2.45) is 0 Å². The Morgan fingerprint density at radius 2 is 2.21 bits per heavy atom. The highest BCUT2D eigenvalue weighted by molar-refractivity contribution is 5.69. The molecule has 1 N–H and O–H groups in total. The van der Waals surface area contributed by atoms with Crippen molar-refractivity contribution >= 4 is 5.97 Å². The summed E-state index contributed by atoms with van der Waals surface area (Å²) in [6, 6.07) is 0.225. The van der Waals surface area contributed by atoms with Crippen LogP contribution in [-0.4, -0.2) is 24.7 Å². The van der Waals surface area contributed by atoms with Crippen LogP contribution in [0, 0.1) is 0 Å². The molecule has 0 aromatic heterocycles. The first-order valence-electron chi connectivity index (χ1n) is 5.46. The van der Waals surface area contributed by atoms with Gasteiger partial charge in [0.1, 0.15) is 0 Å². The number of nitrogens with one attached hydrogen (secondary N) is 1. The first-order valence-corrected chi connectivity index (χ1v) is 5.46. The van der Waals surface area contributed by atoms with E-state index in [1.165, 1.54) is 26.4 Å². The van der Waals surface area contributed by atoms with Gasteiger partial charge in [-0.3, -0.25) is 4.79 Å². The number of rotatable bonds is 5. The Bertz CT molecular complexity index is 194. The van der Waals surface area contributed by atoms with Gasteiger partial charge in [-0.2, -0.15) is 0 Å². The van der Waals surface area contributed by atoms with E-state index in [1.807, 2.05) is 6.92 Å². The van der Waals surface area contributed by atoms with Gasteiger partial charge in [0.05, 0.1) is 13.5 Å². The van der Waals surface area contributed by atoms with E-state index in [-0.39, 0.29) is 12.0 Å². The molecule has 0 aromatic carbocycles. The maximum Gasteiger partial charge on any atom is 0.307 e. The number of hydrogen-bond donors (Lipinski definition) is 1. The molecular weight excluding hydrogens is 178 g/mol. The van der Waals surface area contributed by atoms with Gasteiger partial charge >= 0.3 is 5.97 Å². The van der Waals surface area contributed by atoms with Gasteiger partial charge in [0.2, 0.25) is 0 Å². The third kappa shape index (κ3) is 2.71. The maximum atomic E-state index is 11.0. The number of methoxy groups -OCH3 is 1. The molecule has 0 spiro atoms. The van der Waals surface area contributed by atoms with E-state index >= 15 is 0 Å². The third-order valence-corrected chi connectivity index (χ3v) is 3.24. The molecule has 14 heavy (non-hydrogen) atoms. The second-order valence-electron chi connectivity index (χ2n) is 4.31. The highest BCUT2D eigenvalue weighted by Crippen LogP contribution is 2.35. The summed E-state index contributed by atoms with van der Waals surface area (Å²) >= 11 is 0. The summed E-state index contributed by atoms with van der Waals surface area (Å²) in [5, 5.41) is 3.54. The molecule has 0 heterocycles. The van der Waals surface area contributed by atoms with Crippen molar-refractivity contribution < 1.29 is 9.53 Å². The van der Waals surface area contributed by atoms with Crippen molar-refractivity contribution in [2.75, 3.05) is 7.11 Å². The predicted octanol–water partition coefficient (Wildman–Crippen LogP) is 1.86. The highest BCUT2D eigenvalue weighted by atomic mass is 16.5. The molecule has 1 saturated carbocycles. The normalized spacial score (nSPS) is 21.1. The van der Waals surface area contributed by atoms with Crippen LogP contribution in [0.2, 0.25) is 0 Å². The zero-order chi connectivity index (χ0) is 10.6. The summed E-state index contributed by atoms with van der Waals surface area (Å²) in [4.78, 5) is 11.0. The molecular formula is C11H21NO2. The van der Waals surface area contributed by atoms with Gasteiger partial charge < -0.3 is 10.1 Å². The van der Waals surface area contributed by atoms with E-state index in [0.29, 0.717) is 12.0 Å². The molecule has 1 rings (SSSR count). The molecule has 0 bridgehead atoms. The van der Waals surface area contributed by atoms with Gasteiger partial charge in [0.25, 0.3) is 0 Å². The lowest BCUT2D eigenvalue weighted by atomic mass is 9.74. The largest absolute Gasteiger partial charge is 0.469 e. The zero-order valence-electron chi connectivity index (χ0n) is 9.43. The van der Waals surface area contributed by atoms with E-state index in [1.54, 1.807) is 0 Å². The molecule has 0 saturated heterocycles. The topological polar surface area (TPSA) is 38.3 Å². The fraction of sp³-hybridized carbons (Fsp3) is 0.909. The number of carbonyl (C=O) groups excluding carboxylic acids is 1. The number of carbonyl (C=O) groups is 1. The zero-order valence-corrected chi connectivity index (χ0v) is 9.43. The Balaban J connectivity index is 2.31.